The molecule has 2 amide bonds. The number of methoxy groups -OCH3 is 1. The van der Waals surface area contributed by atoms with E-state index in [2.05, 4.69) is 15.6 Å². The summed E-state index contributed by atoms with van der Waals surface area (Å²) in [5.41, 5.74) is 0.357. The van der Waals surface area contributed by atoms with Crippen LogP contribution < -0.4 is 10.6 Å². The van der Waals surface area contributed by atoms with Gasteiger partial charge in [0.1, 0.15) is 5.82 Å². The molecule has 0 spiro atoms. The van der Waals surface area contributed by atoms with Crippen LogP contribution in [0.2, 0.25) is 0 Å². The number of halogens is 3. The second-order valence-corrected chi connectivity index (χ2v) is 6.88. The Hall–Kier alpha value is -3.30. The second kappa shape index (κ2) is 9.02. The van der Waals surface area contributed by atoms with Gasteiger partial charge in [0.05, 0.1) is 18.6 Å². The molecule has 0 unspecified atom stereocenters. The predicted molar refractivity (Wildman–Crippen MR) is 104 cm³/mol. The Labute approximate surface area is 171 Å². The molecule has 0 aliphatic carbocycles. The standard InChI is InChI=1S/C20H21F3N4O3/c1-30-19(29)27-10-2-3-13(12-27)18(28)26-16-7-5-15(6-8-16)25-17-9-4-14(11-24-17)20(21,22)23/h4-9,11,13H,2-3,10,12H2,1H3,(H,24,25)(H,26,28)/t13-/m1/s1. The van der Waals surface area contributed by atoms with Crippen LogP contribution in [0.4, 0.5) is 35.2 Å². The van der Waals surface area contributed by atoms with Gasteiger partial charge in [0.25, 0.3) is 0 Å². The van der Waals surface area contributed by atoms with Crippen molar-refractivity contribution < 1.29 is 27.5 Å². The maximum absolute atomic E-state index is 12.6. The van der Waals surface area contributed by atoms with Crippen molar-refractivity contribution in [2.24, 2.45) is 5.92 Å². The van der Waals surface area contributed by atoms with Crippen LogP contribution in [0.1, 0.15) is 18.4 Å². The van der Waals surface area contributed by atoms with E-state index in [1.807, 2.05) is 0 Å². The molecule has 1 atom stereocenters. The van der Waals surface area contributed by atoms with Crippen molar-refractivity contribution in [2.45, 2.75) is 19.0 Å². The van der Waals surface area contributed by atoms with Crippen LogP contribution >= 0.6 is 0 Å². The average molecular weight is 422 g/mol. The lowest BCUT2D eigenvalue weighted by Gasteiger charge is -2.30. The Balaban J connectivity index is 1.56. The fourth-order valence-corrected chi connectivity index (χ4v) is 3.15. The van der Waals surface area contributed by atoms with Crippen molar-refractivity contribution in [2.75, 3.05) is 30.8 Å². The molecule has 3 rings (SSSR count). The molecule has 1 aromatic heterocycles. The first-order valence-corrected chi connectivity index (χ1v) is 9.30. The Kier molecular flexibility index (Phi) is 6.43. The topological polar surface area (TPSA) is 83.6 Å². The molecule has 10 heteroatoms. The quantitative estimate of drug-likeness (QED) is 0.769. The van der Waals surface area contributed by atoms with Gasteiger partial charge in [-0.2, -0.15) is 13.2 Å². The zero-order valence-corrected chi connectivity index (χ0v) is 16.2. The highest BCUT2D eigenvalue weighted by Gasteiger charge is 2.31. The molecule has 1 aliphatic rings. The summed E-state index contributed by atoms with van der Waals surface area (Å²) >= 11 is 0. The van der Waals surface area contributed by atoms with Crippen molar-refractivity contribution in [3.05, 3.63) is 48.2 Å². The Morgan fingerprint density at radius 3 is 2.43 bits per heavy atom. The molecule has 30 heavy (non-hydrogen) atoms. The number of piperidine rings is 1. The summed E-state index contributed by atoms with van der Waals surface area (Å²) < 4.78 is 42.5. The van der Waals surface area contributed by atoms with Gasteiger partial charge in [0.15, 0.2) is 0 Å². The number of likely N-dealkylation sites (tertiary alicyclic amines) is 1. The van der Waals surface area contributed by atoms with Gasteiger partial charge in [-0.3, -0.25) is 4.79 Å². The summed E-state index contributed by atoms with van der Waals surface area (Å²) in [7, 11) is 1.31. The van der Waals surface area contributed by atoms with Crippen LogP contribution in [-0.4, -0.2) is 42.1 Å². The molecule has 2 aromatic rings. The summed E-state index contributed by atoms with van der Waals surface area (Å²) in [6, 6.07) is 8.89. The van der Waals surface area contributed by atoms with E-state index in [0.717, 1.165) is 18.7 Å². The van der Waals surface area contributed by atoms with Crippen LogP contribution in [0.5, 0.6) is 0 Å². The average Bonchev–Trinajstić information content (AvgIpc) is 2.74. The van der Waals surface area contributed by atoms with Gasteiger partial charge in [0.2, 0.25) is 5.91 Å². The van der Waals surface area contributed by atoms with Crippen molar-refractivity contribution in [1.82, 2.24) is 9.88 Å². The van der Waals surface area contributed by atoms with Crippen molar-refractivity contribution in [3.8, 4) is 0 Å². The molecular formula is C20H21F3N4O3. The minimum atomic E-state index is -4.43. The van der Waals surface area contributed by atoms with Crippen molar-refractivity contribution in [3.63, 3.8) is 0 Å². The van der Waals surface area contributed by atoms with Crippen LogP contribution in [-0.2, 0) is 15.7 Å². The molecular weight excluding hydrogens is 401 g/mol. The van der Waals surface area contributed by atoms with E-state index in [9.17, 15) is 22.8 Å². The highest BCUT2D eigenvalue weighted by Crippen LogP contribution is 2.29. The van der Waals surface area contributed by atoms with Crippen molar-refractivity contribution in [1.29, 1.82) is 0 Å². The normalized spacial score (nSPS) is 16.7. The predicted octanol–water partition coefficient (Wildman–Crippen LogP) is 4.26. The minimum absolute atomic E-state index is 0.186. The summed E-state index contributed by atoms with van der Waals surface area (Å²) in [5, 5.41) is 5.72. The lowest BCUT2D eigenvalue weighted by molar-refractivity contribution is -0.137. The van der Waals surface area contributed by atoms with Crippen LogP contribution in [0.3, 0.4) is 0 Å². The number of carbonyl (C=O) groups excluding carboxylic acids is 2. The molecule has 2 N–H and O–H groups in total. The second-order valence-electron chi connectivity index (χ2n) is 6.88. The number of alkyl halides is 3. The maximum Gasteiger partial charge on any atom is 0.417 e. The first-order valence-electron chi connectivity index (χ1n) is 9.30. The third-order valence-corrected chi connectivity index (χ3v) is 4.74. The lowest BCUT2D eigenvalue weighted by atomic mass is 9.97. The number of carbonyl (C=O) groups is 2. The smallest absolute Gasteiger partial charge is 0.417 e. The van der Waals surface area contributed by atoms with Gasteiger partial charge in [-0.25, -0.2) is 9.78 Å². The SMILES string of the molecule is COC(=O)N1CCC[C@@H](C(=O)Nc2ccc(Nc3ccc(C(F)(F)F)cn3)cc2)C1. The van der Waals surface area contributed by atoms with E-state index in [-0.39, 0.29) is 17.6 Å². The highest BCUT2D eigenvalue weighted by atomic mass is 19.4. The number of amides is 2. The molecule has 1 saturated heterocycles. The van der Waals surface area contributed by atoms with Gasteiger partial charge in [-0.15, -0.1) is 0 Å². The molecule has 0 saturated carbocycles. The molecule has 0 radical (unpaired) electrons. The van der Waals surface area contributed by atoms with E-state index >= 15 is 0 Å². The number of hydrogen-bond donors (Lipinski definition) is 2. The monoisotopic (exact) mass is 422 g/mol. The van der Waals surface area contributed by atoms with Gasteiger partial charge < -0.3 is 20.3 Å². The molecule has 1 fully saturated rings. The molecule has 1 aromatic carbocycles. The number of nitrogens with one attached hydrogen (secondary N) is 2. The first-order chi connectivity index (χ1) is 14.3. The summed E-state index contributed by atoms with van der Waals surface area (Å²) in [4.78, 5) is 29.4. The Morgan fingerprint density at radius 1 is 1.13 bits per heavy atom. The number of rotatable bonds is 4. The minimum Gasteiger partial charge on any atom is -0.453 e. The fraction of sp³-hybridized carbons (Fsp3) is 0.350. The van der Waals surface area contributed by atoms with Gasteiger partial charge in [-0.1, -0.05) is 0 Å². The molecule has 7 nitrogen and oxygen atoms in total. The number of benzene rings is 1. The van der Waals surface area contributed by atoms with E-state index < -0.39 is 17.8 Å². The first kappa shape index (κ1) is 21.4. The van der Waals surface area contributed by atoms with Crippen LogP contribution in [0, 0.1) is 5.92 Å². The van der Waals surface area contributed by atoms with E-state index in [0.29, 0.717) is 30.9 Å². The zero-order chi connectivity index (χ0) is 21.7. The third kappa shape index (κ3) is 5.40. The van der Waals surface area contributed by atoms with Gasteiger partial charge in [-0.05, 0) is 49.2 Å². The molecule has 160 valence electrons. The number of anilines is 3. The number of nitrogens with zero attached hydrogens (tertiary/aromatic N) is 2. The van der Waals surface area contributed by atoms with Gasteiger partial charge in [0, 0.05) is 30.7 Å². The Morgan fingerprint density at radius 2 is 1.83 bits per heavy atom. The van der Waals surface area contributed by atoms with Crippen molar-refractivity contribution >= 4 is 29.2 Å². The van der Waals surface area contributed by atoms with Gasteiger partial charge >= 0.3 is 12.3 Å². The number of pyridine rings is 1. The fourth-order valence-electron chi connectivity index (χ4n) is 3.15. The number of ether oxygens (including phenoxy) is 1. The van der Waals surface area contributed by atoms with E-state index in [4.69, 9.17) is 4.74 Å². The van der Waals surface area contributed by atoms with Crippen LogP contribution in [0.15, 0.2) is 42.6 Å². The largest absolute Gasteiger partial charge is 0.453 e. The molecule has 1 aliphatic heterocycles. The van der Waals surface area contributed by atoms with E-state index in [1.165, 1.54) is 18.1 Å². The van der Waals surface area contributed by atoms with E-state index in [1.54, 1.807) is 24.3 Å². The Bertz CT molecular complexity index is 886. The zero-order valence-electron chi connectivity index (χ0n) is 16.2. The number of hydrogen-bond acceptors (Lipinski definition) is 5. The third-order valence-electron chi connectivity index (χ3n) is 4.74. The highest BCUT2D eigenvalue weighted by molar-refractivity contribution is 5.93. The molecule has 2 heterocycles. The molecule has 0 bridgehead atoms. The summed E-state index contributed by atoms with van der Waals surface area (Å²) in [6.07, 6.45) is -2.72. The summed E-state index contributed by atoms with van der Waals surface area (Å²) in [5.74, 6) is -0.245. The number of aromatic nitrogens is 1. The summed E-state index contributed by atoms with van der Waals surface area (Å²) in [6.45, 7) is 0.868. The lowest BCUT2D eigenvalue weighted by Crippen LogP contribution is -2.43. The van der Waals surface area contributed by atoms with Crippen LogP contribution in [0.25, 0.3) is 0 Å². The maximum atomic E-state index is 12.6.